The lowest BCUT2D eigenvalue weighted by molar-refractivity contribution is -0.141. The third-order valence-electron chi connectivity index (χ3n) is 5.68. The Hall–Kier alpha value is -4.62. The van der Waals surface area contributed by atoms with Gasteiger partial charge in [-0.25, -0.2) is 19.0 Å². The molecule has 3 aromatic rings. The van der Waals surface area contributed by atoms with Crippen LogP contribution < -0.4 is 10.6 Å². The first-order valence-corrected chi connectivity index (χ1v) is 11.3. The van der Waals surface area contributed by atoms with Crippen molar-refractivity contribution in [2.75, 3.05) is 13.2 Å². The number of ether oxygens (including phenoxy) is 2. The number of nitrogens with one attached hydrogen (secondary N) is 2. The molecule has 0 unspecified atom stereocenters. The zero-order chi connectivity index (χ0) is 25.1. The first-order chi connectivity index (χ1) is 17.4. The molecular weight excluding hydrogens is 472 g/mol. The van der Waals surface area contributed by atoms with Crippen LogP contribution in [0.5, 0.6) is 0 Å². The van der Waals surface area contributed by atoms with Crippen molar-refractivity contribution in [1.29, 1.82) is 0 Å². The molecule has 2 atom stereocenters. The number of cyclic esters (lactones) is 2. The van der Waals surface area contributed by atoms with E-state index < -0.39 is 24.0 Å². The van der Waals surface area contributed by atoms with E-state index in [0.29, 0.717) is 37.4 Å². The van der Waals surface area contributed by atoms with Crippen LogP contribution in [-0.4, -0.2) is 79.0 Å². The zero-order valence-electron chi connectivity index (χ0n) is 19.0. The largest absolute Gasteiger partial charge is 0.464 e. The summed E-state index contributed by atoms with van der Waals surface area (Å²) in [7, 11) is 0. The predicted octanol–water partition coefficient (Wildman–Crippen LogP) is -0.933. The first-order valence-electron chi connectivity index (χ1n) is 11.3. The molecule has 2 amide bonds. The molecule has 0 radical (unpaired) electrons. The summed E-state index contributed by atoms with van der Waals surface area (Å²) in [6.07, 6.45) is 4.15. The molecule has 14 heteroatoms. The van der Waals surface area contributed by atoms with Crippen molar-refractivity contribution in [3.63, 3.8) is 0 Å². The second-order valence-electron chi connectivity index (χ2n) is 8.34. The van der Waals surface area contributed by atoms with E-state index in [4.69, 9.17) is 9.47 Å². The lowest BCUT2D eigenvalue weighted by Gasteiger charge is -2.08. The summed E-state index contributed by atoms with van der Waals surface area (Å²) in [5.41, 5.74) is 2.57. The van der Waals surface area contributed by atoms with E-state index in [1.54, 1.807) is 12.4 Å². The molecule has 2 fully saturated rings. The highest BCUT2D eigenvalue weighted by molar-refractivity contribution is 5.86. The molecule has 14 nitrogen and oxygen atoms in total. The van der Waals surface area contributed by atoms with Gasteiger partial charge >= 0.3 is 11.9 Å². The fourth-order valence-corrected chi connectivity index (χ4v) is 3.88. The number of carbonyl (C=O) groups excluding carboxylic acids is 4. The Morgan fingerprint density at radius 2 is 1.31 bits per heavy atom. The summed E-state index contributed by atoms with van der Waals surface area (Å²) in [6, 6.07) is 6.08. The lowest BCUT2D eigenvalue weighted by atomic mass is 10.1. The average molecular weight is 494 g/mol. The monoisotopic (exact) mass is 494 g/mol. The Morgan fingerprint density at radius 3 is 1.72 bits per heavy atom. The second kappa shape index (κ2) is 9.93. The minimum atomic E-state index is -0.629. The van der Waals surface area contributed by atoms with Crippen molar-refractivity contribution in [2.45, 2.75) is 38.0 Å². The van der Waals surface area contributed by atoms with Gasteiger partial charge in [0.15, 0.2) is 0 Å². The van der Waals surface area contributed by atoms with E-state index in [2.05, 4.69) is 31.3 Å². The molecule has 0 spiro atoms. The van der Waals surface area contributed by atoms with Crippen LogP contribution in [0, 0.1) is 0 Å². The topological polar surface area (TPSA) is 172 Å². The quantitative estimate of drug-likeness (QED) is 0.373. The van der Waals surface area contributed by atoms with Crippen molar-refractivity contribution in [1.82, 2.24) is 40.6 Å². The predicted molar refractivity (Wildman–Crippen MR) is 119 cm³/mol. The van der Waals surface area contributed by atoms with Crippen LogP contribution in [-0.2, 0) is 41.7 Å². The maximum atomic E-state index is 12.2. The smallest absolute Gasteiger partial charge is 0.328 e. The van der Waals surface area contributed by atoms with Gasteiger partial charge in [-0.15, -0.1) is 10.2 Å². The van der Waals surface area contributed by atoms with E-state index in [9.17, 15) is 19.2 Å². The summed E-state index contributed by atoms with van der Waals surface area (Å²) in [5, 5.41) is 21.5. The SMILES string of the molecule is O=C(Cn1cc(-c2cccc(-c3cn(CC(=O)N[C@H]4CCOC4=O)nn3)c2)nn1)N[C@H]1CCOC1=O. The Labute approximate surface area is 203 Å². The number of aromatic nitrogens is 6. The molecular formula is C22H22N8O6. The van der Waals surface area contributed by atoms with Gasteiger partial charge < -0.3 is 20.1 Å². The standard InChI is InChI=1S/C22H22N8O6/c31-19(23-15-4-6-35-21(15)33)11-29-9-17(25-27-29)13-2-1-3-14(8-13)18-10-30(28-26-18)12-20(32)24-16-5-7-36-22(16)34/h1-3,8-10,15-16H,4-7,11-12H2,(H,23,31)(H,24,32)/t15-,16-/m0/s1. The molecule has 0 bridgehead atoms. The second-order valence-corrected chi connectivity index (χ2v) is 8.34. The highest BCUT2D eigenvalue weighted by atomic mass is 16.5. The van der Waals surface area contributed by atoms with E-state index in [-0.39, 0.29) is 24.9 Å². The molecule has 2 aliphatic heterocycles. The summed E-state index contributed by atoms with van der Waals surface area (Å²) in [6.45, 7) is 0.411. The molecule has 2 aliphatic rings. The van der Waals surface area contributed by atoms with Crippen LogP contribution in [0.1, 0.15) is 12.8 Å². The molecule has 2 saturated heterocycles. The van der Waals surface area contributed by atoms with Gasteiger partial charge in [0, 0.05) is 24.0 Å². The van der Waals surface area contributed by atoms with Crippen molar-refractivity contribution in [3.05, 3.63) is 36.7 Å². The molecule has 4 heterocycles. The van der Waals surface area contributed by atoms with Crippen LogP contribution in [0.15, 0.2) is 36.7 Å². The van der Waals surface area contributed by atoms with Gasteiger partial charge in [0.25, 0.3) is 0 Å². The van der Waals surface area contributed by atoms with Gasteiger partial charge in [-0.2, -0.15) is 0 Å². The highest BCUT2D eigenvalue weighted by Crippen LogP contribution is 2.23. The van der Waals surface area contributed by atoms with Gasteiger partial charge in [-0.3, -0.25) is 9.59 Å². The van der Waals surface area contributed by atoms with Crippen LogP contribution in [0.3, 0.4) is 0 Å². The van der Waals surface area contributed by atoms with E-state index in [1.807, 2.05) is 24.3 Å². The molecule has 5 rings (SSSR count). The average Bonchev–Trinajstić information content (AvgIpc) is 3.66. The van der Waals surface area contributed by atoms with Crippen LogP contribution in [0.25, 0.3) is 22.5 Å². The number of amides is 2. The summed E-state index contributed by atoms with van der Waals surface area (Å²) in [4.78, 5) is 47.5. The molecule has 2 N–H and O–H groups in total. The number of nitrogens with zero attached hydrogens (tertiary/aromatic N) is 6. The fraction of sp³-hybridized carbons (Fsp3) is 0.364. The number of carbonyl (C=O) groups is 4. The molecule has 2 aromatic heterocycles. The normalized spacial score (nSPS) is 19.1. The van der Waals surface area contributed by atoms with Crippen LogP contribution >= 0.6 is 0 Å². The van der Waals surface area contributed by atoms with Gasteiger partial charge in [0.2, 0.25) is 11.8 Å². The third kappa shape index (κ3) is 5.21. The molecule has 36 heavy (non-hydrogen) atoms. The van der Waals surface area contributed by atoms with E-state index in [0.717, 1.165) is 11.1 Å². The van der Waals surface area contributed by atoms with Crippen molar-refractivity contribution >= 4 is 23.8 Å². The number of rotatable bonds is 8. The van der Waals surface area contributed by atoms with Gasteiger partial charge in [0.05, 0.1) is 25.6 Å². The van der Waals surface area contributed by atoms with Crippen molar-refractivity contribution < 1.29 is 28.7 Å². The van der Waals surface area contributed by atoms with E-state index in [1.165, 1.54) is 9.36 Å². The highest BCUT2D eigenvalue weighted by Gasteiger charge is 2.29. The van der Waals surface area contributed by atoms with E-state index >= 15 is 0 Å². The van der Waals surface area contributed by atoms with Crippen molar-refractivity contribution in [2.24, 2.45) is 0 Å². The van der Waals surface area contributed by atoms with Gasteiger partial charge in [0.1, 0.15) is 36.6 Å². The molecule has 0 aliphatic carbocycles. The maximum Gasteiger partial charge on any atom is 0.328 e. The number of hydrogen-bond acceptors (Lipinski definition) is 10. The minimum Gasteiger partial charge on any atom is -0.464 e. The minimum absolute atomic E-state index is 0.0918. The molecule has 0 saturated carbocycles. The summed E-state index contributed by atoms with van der Waals surface area (Å²) in [5.74, 6) is -1.60. The Morgan fingerprint density at radius 1 is 0.833 bits per heavy atom. The Balaban J connectivity index is 1.21. The molecule has 186 valence electrons. The summed E-state index contributed by atoms with van der Waals surface area (Å²) < 4.78 is 12.4. The first kappa shape index (κ1) is 23.1. The lowest BCUT2D eigenvalue weighted by Crippen LogP contribution is -2.39. The maximum absolute atomic E-state index is 12.2. The fourth-order valence-electron chi connectivity index (χ4n) is 3.88. The number of benzene rings is 1. The van der Waals surface area contributed by atoms with Crippen LogP contribution in [0.4, 0.5) is 0 Å². The van der Waals surface area contributed by atoms with Gasteiger partial charge in [-0.05, 0) is 6.07 Å². The summed E-state index contributed by atoms with van der Waals surface area (Å²) >= 11 is 0. The zero-order valence-corrected chi connectivity index (χ0v) is 19.0. The van der Waals surface area contributed by atoms with Crippen molar-refractivity contribution in [3.8, 4) is 22.5 Å². The van der Waals surface area contributed by atoms with Gasteiger partial charge in [-0.1, -0.05) is 28.6 Å². The third-order valence-corrected chi connectivity index (χ3v) is 5.68. The van der Waals surface area contributed by atoms with Crippen LogP contribution in [0.2, 0.25) is 0 Å². The molecule has 1 aromatic carbocycles. The Kier molecular flexibility index (Phi) is 6.38. The Bertz CT molecular complexity index is 1220. The number of esters is 2. The number of hydrogen-bond donors (Lipinski definition) is 2.